The maximum absolute atomic E-state index is 2.41. The predicted molar refractivity (Wildman–Crippen MR) is 291 cm³/mol. The van der Waals surface area contributed by atoms with Gasteiger partial charge in [0.1, 0.15) is 0 Å². The summed E-state index contributed by atoms with van der Waals surface area (Å²) in [6, 6.07) is 83.8. The van der Waals surface area contributed by atoms with Gasteiger partial charge in [0.15, 0.2) is 0 Å². The van der Waals surface area contributed by atoms with E-state index >= 15 is 0 Å². The van der Waals surface area contributed by atoms with Gasteiger partial charge in [0.2, 0.25) is 0 Å². The van der Waals surface area contributed by atoms with Gasteiger partial charge in [-0.15, -0.1) is 0 Å². The van der Waals surface area contributed by atoms with Crippen molar-refractivity contribution in [3.05, 3.63) is 264 Å². The van der Waals surface area contributed by atoms with E-state index < -0.39 is 0 Å². The van der Waals surface area contributed by atoms with Gasteiger partial charge in [0.25, 0.3) is 0 Å². The summed E-state index contributed by atoms with van der Waals surface area (Å²) < 4.78 is 0. The molecule has 0 spiro atoms. The highest BCUT2D eigenvalue weighted by atomic mass is 15.1. The zero-order valence-electron chi connectivity index (χ0n) is 39.8. The van der Waals surface area contributed by atoms with Crippen LogP contribution in [0.3, 0.4) is 0 Å². The lowest BCUT2D eigenvalue weighted by molar-refractivity contribution is 1.22. The number of hydrogen-bond acceptors (Lipinski definition) is 2. The fourth-order valence-corrected chi connectivity index (χ4v) is 9.99. The SMILES string of the molecule is Cc1ccccc1N(c1ccc(-c2ccc(-c3ccccc3)cc2)cc1)c1cc(C)c(-c2c(C)cc(N(c3ccc(-c4ccc(-c5ccccc5)cc4)cc3)c3ccccc3C)cc2C)c(C)c1. The number of aryl methyl sites for hydroxylation is 6. The van der Waals surface area contributed by atoms with E-state index in [2.05, 4.69) is 282 Å². The standard InChI is InChI=1S/C66H56N2/c1-45-17-13-15-23-63(45)67(59-37-33-57(34-38-59)55-29-25-53(26-30-55)51-19-9-7-10-20-51)61-41-47(3)65(48(4)42-61)66-49(5)43-62(44-50(66)6)68(64-24-16-14-18-46(64)2)60-39-35-58(36-40-60)56-31-27-54(28-32-56)52-21-11-8-12-22-52/h7-44H,1-6H3. The Bertz CT molecular complexity index is 3070. The van der Waals surface area contributed by atoms with Crippen molar-refractivity contribution < 1.29 is 0 Å². The third-order valence-electron chi connectivity index (χ3n) is 13.4. The number of anilines is 6. The highest BCUT2D eigenvalue weighted by Gasteiger charge is 2.22. The fraction of sp³-hybridized carbons (Fsp3) is 0.0909. The highest BCUT2D eigenvalue weighted by Crippen LogP contribution is 2.45. The van der Waals surface area contributed by atoms with E-state index in [4.69, 9.17) is 0 Å². The highest BCUT2D eigenvalue weighted by molar-refractivity contribution is 5.88. The van der Waals surface area contributed by atoms with Gasteiger partial charge in [-0.25, -0.2) is 0 Å². The van der Waals surface area contributed by atoms with E-state index in [9.17, 15) is 0 Å². The van der Waals surface area contributed by atoms with E-state index in [1.807, 2.05) is 0 Å². The molecule has 0 aliphatic heterocycles. The second-order valence-electron chi connectivity index (χ2n) is 18.1. The average Bonchev–Trinajstić information content (AvgIpc) is 3.37. The molecule has 2 heteroatoms. The normalized spacial score (nSPS) is 11.1. The summed E-state index contributed by atoms with van der Waals surface area (Å²) in [5.74, 6) is 0. The molecule has 0 radical (unpaired) electrons. The Balaban J connectivity index is 0.975. The minimum Gasteiger partial charge on any atom is -0.310 e. The molecular formula is C66H56N2. The molecule has 330 valence electrons. The van der Waals surface area contributed by atoms with E-state index in [0.717, 1.165) is 22.7 Å². The summed E-state index contributed by atoms with van der Waals surface area (Å²) in [5, 5.41) is 0. The molecule has 0 unspecified atom stereocenters. The number of hydrogen-bond donors (Lipinski definition) is 0. The molecule has 0 fully saturated rings. The Hall–Kier alpha value is -8.20. The second-order valence-corrected chi connectivity index (χ2v) is 18.1. The van der Waals surface area contributed by atoms with Crippen LogP contribution in [0.2, 0.25) is 0 Å². The molecule has 0 aromatic heterocycles. The minimum atomic E-state index is 1.12. The van der Waals surface area contributed by atoms with Crippen molar-refractivity contribution in [2.24, 2.45) is 0 Å². The molecule has 0 amide bonds. The van der Waals surface area contributed by atoms with Gasteiger partial charge >= 0.3 is 0 Å². The van der Waals surface area contributed by atoms with Crippen LogP contribution in [0.15, 0.2) is 231 Å². The Morgan fingerprint density at radius 3 is 0.721 bits per heavy atom. The van der Waals surface area contributed by atoms with E-state index in [1.54, 1.807) is 0 Å². The van der Waals surface area contributed by atoms with E-state index in [0.29, 0.717) is 0 Å². The van der Waals surface area contributed by atoms with Crippen LogP contribution in [0.4, 0.5) is 34.1 Å². The molecule has 0 aliphatic rings. The lowest BCUT2D eigenvalue weighted by Crippen LogP contribution is -2.13. The summed E-state index contributed by atoms with van der Waals surface area (Å²) in [5.41, 5.74) is 26.6. The average molecular weight is 877 g/mol. The van der Waals surface area contributed by atoms with Gasteiger partial charge in [0.05, 0.1) is 0 Å². The molecule has 2 nitrogen and oxygen atoms in total. The van der Waals surface area contributed by atoms with Crippen LogP contribution in [0, 0.1) is 41.5 Å². The lowest BCUT2D eigenvalue weighted by atomic mass is 9.88. The smallest absolute Gasteiger partial charge is 0.0490 e. The monoisotopic (exact) mass is 876 g/mol. The van der Waals surface area contributed by atoms with Crippen LogP contribution in [0.5, 0.6) is 0 Å². The van der Waals surface area contributed by atoms with Crippen molar-refractivity contribution in [3.8, 4) is 55.6 Å². The molecule has 0 saturated heterocycles. The fourth-order valence-electron chi connectivity index (χ4n) is 9.99. The first-order valence-electron chi connectivity index (χ1n) is 23.7. The lowest BCUT2D eigenvalue weighted by Gasteiger charge is -2.30. The Morgan fingerprint density at radius 2 is 0.441 bits per heavy atom. The molecule has 0 heterocycles. The minimum absolute atomic E-state index is 1.12. The summed E-state index contributed by atoms with van der Waals surface area (Å²) in [6.07, 6.45) is 0. The van der Waals surface area contributed by atoms with E-state index in [1.165, 1.54) is 100 Å². The third-order valence-corrected chi connectivity index (χ3v) is 13.4. The maximum Gasteiger partial charge on any atom is 0.0490 e. The van der Waals surface area contributed by atoms with Crippen LogP contribution >= 0.6 is 0 Å². The van der Waals surface area contributed by atoms with Gasteiger partial charge < -0.3 is 9.80 Å². The largest absolute Gasteiger partial charge is 0.310 e. The van der Waals surface area contributed by atoms with Crippen LogP contribution in [-0.2, 0) is 0 Å². The molecule has 0 bridgehead atoms. The number of para-hydroxylation sites is 2. The molecule has 68 heavy (non-hydrogen) atoms. The van der Waals surface area contributed by atoms with Gasteiger partial charge in [-0.3, -0.25) is 0 Å². The molecule has 0 atom stereocenters. The molecule has 10 rings (SSSR count). The van der Waals surface area contributed by atoms with Crippen molar-refractivity contribution in [2.45, 2.75) is 41.5 Å². The Morgan fingerprint density at radius 1 is 0.206 bits per heavy atom. The van der Waals surface area contributed by atoms with Crippen LogP contribution < -0.4 is 9.80 Å². The summed E-state index contributed by atoms with van der Waals surface area (Å²) in [6.45, 7) is 13.5. The summed E-state index contributed by atoms with van der Waals surface area (Å²) in [4.78, 5) is 4.82. The number of rotatable bonds is 11. The molecule has 0 N–H and O–H groups in total. The predicted octanol–water partition coefficient (Wildman–Crippen LogP) is 18.8. The molecule has 0 saturated carbocycles. The van der Waals surface area contributed by atoms with Gasteiger partial charge in [-0.05, 0) is 191 Å². The first kappa shape index (κ1) is 43.7. The van der Waals surface area contributed by atoms with Crippen molar-refractivity contribution in [2.75, 3.05) is 9.80 Å². The topological polar surface area (TPSA) is 6.48 Å². The van der Waals surface area contributed by atoms with E-state index in [-0.39, 0.29) is 0 Å². The molecule has 0 aliphatic carbocycles. The van der Waals surface area contributed by atoms with Gasteiger partial charge in [-0.2, -0.15) is 0 Å². The zero-order valence-corrected chi connectivity index (χ0v) is 39.8. The number of benzene rings is 10. The summed E-state index contributed by atoms with van der Waals surface area (Å²) >= 11 is 0. The maximum atomic E-state index is 2.41. The number of nitrogens with zero attached hydrogens (tertiary/aromatic N) is 2. The first-order valence-corrected chi connectivity index (χ1v) is 23.7. The molecule has 10 aromatic rings. The van der Waals surface area contributed by atoms with Crippen LogP contribution in [0.1, 0.15) is 33.4 Å². The van der Waals surface area contributed by atoms with Crippen LogP contribution in [-0.4, -0.2) is 0 Å². The third kappa shape index (κ3) is 8.77. The second kappa shape index (κ2) is 19.0. The van der Waals surface area contributed by atoms with Gasteiger partial charge in [-0.1, -0.05) is 170 Å². The Labute approximate surface area is 403 Å². The van der Waals surface area contributed by atoms with Crippen molar-refractivity contribution in [1.82, 2.24) is 0 Å². The molecular weight excluding hydrogens is 821 g/mol. The van der Waals surface area contributed by atoms with Crippen LogP contribution in [0.25, 0.3) is 55.6 Å². The summed E-state index contributed by atoms with van der Waals surface area (Å²) in [7, 11) is 0. The first-order chi connectivity index (χ1) is 33.2. The van der Waals surface area contributed by atoms with Crippen molar-refractivity contribution in [3.63, 3.8) is 0 Å². The quantitative estimate of drug-likeness (QED) is 0.128. The van der Waals surface area contributed by atoms with Crippen molar-refractivity contribution >= 4 is 34.1 Å². The van der Waals surface area contributed by atoms with Gasteiger partial charge in [0, 0.05) is 34.1 Å². The Kier molecular flexibility index (Phi) is 12.2. The zero-order chi connectivity index (χ0) is 46.7. The van der Waals surface area contributed by atoms with Crippen molar-refractivity contribution in [1.29, 1.82) is 0 Å². The molecule has 10 aromatic carbocycles.